The molecule has 20 heteroatoms. The minimum absolute atomic E-state index is 0.133. The summed E-state index contributed by atoms with van der Waals surface area (Å²) in [5, 5.41) is 10.7. The lowest BCUT2D eigenvalue weighted by Gasteiger charge is -2.21. The fourth-order valence-electron chi connectivity index (χ4n) is 3.17. The van der Waals surface area contributed by atoms with Gasteiger partial charge in [0, 0.05) is 17.6 Å². The number of aliphatic hydroxyl groups is 1. The van der Waals surface area contributed by atoms with E-state index in [0.29, 0.717) is 4.57 Å². The summed E-state index contributed by atoms with van der Waals surface area (Å²) in [4.78, 5) is 51.3. The van der Waals surface area contributed by atoms with Gasteiger partial charge in [0.1, 0.15) is 11.4 Å². The third-order valence-electron chi connectivity index (χ3n) is 4.41. The normalized spacial score (nSPS) is 35.4. The van der Waals surface area contributed by atoms with Crippen molar-refractivity contribution in [3.8, 4) is 0 Å². The molecular formula is C11H14ClFN3O12P3. The van der Waals surface area contributed by atoms with Gasteiger partial charge >= 0.3 is 28.9 Å². The number of halogens is 2. The molecule has 0 radical (unpaired) electrons. The van der Waals surface area contributed by atoms with Gasteiger partial charge in [-0.25, -0.2) is 22.6 Å². The Morgan fingerprint density at radius 1 is 1.32 bits per heavy atom. The number of phosphoric acid groups is 2. The van der Waals surface area contributed by atoms with Crippen LogP contribution in [0.3, 0.4) is 0 Å². The molecule has 6 atom stereocenters. The number of anilines is 1. The first-order chi connectivity index (χ1) is 14.0. The largest absolute Gasteiger partial charge is 0.488 e. The van der Waals surface area contributed by atoms with Gasteiger partial charge in [0.2, 0.25) is 0 Å². The van der Waals surface area contributed by atoms with Crippen LogP contribution in [0.1, 0.15) is 6.23 Å². The van der Waals surface area contributed by atoms with Crippen molar-refractivity contribution in [1.29, 1.82) is 0 Å². The molecule has 2 heterocycles. The standard InChI is InChI=1S/C11H14ClFN3O12P3/c12-4-10-5(3-29(19,20)27-31(24,25)28-30(21,22)23)11(10,18)7(13)8(26-10)16-2-1-6(14)15-9(16)17/h1-3,7-8,18H,4H2,(H,19,20)(H,24,25)(H2,14,15,17)(H2,21,22,23)/b5-3-/t7-,8+,10+,11+/m0/s1. The molecule has 2 fully saturated rings. The highest BCUT2D eigenvalue weighted by Gasteiger charge is 2.84. The van der Waals surface area contributed by atoms with E-state index in [4.69, 9.17) is 31.9 Å². The summed E-state index contributed by atoms with van der Waals surface area (Å²) in [6.07, 6.45) is -3.17. The minimum Gasteiger partial charge on any atom is -0.383 e. The maximum Gasteiger partial charge on any atom is 0.488 e. The number of nitrogens with two attached hydrogens (primary N) is 1. The Labute approximate surface area is 176 Å². The smallest absolute Gasteiger partial charge is 0.383 e. The SMILES string of the molecule is Nc1ccn([C@@H]2O[C@]3(CCl)/C(=C/P(=O)(O)OP(=O)(O)OP(=O)(O)O)[C@@]3(O)[C@H]2F)c(=O)n1. The van der Waals surface area contributed by atoms with Crippen molar-refractivity contribution < 1.29 is 56.1 Å². The number of fused-ring (bicyclic) bond motifs is 1. The van der Waals surface area contributed by atoms with Gasteiger partial charge < -0.3 is 35.2 Å². The van der Waals surface area contributed by atoms with E-state index in [1.54, 1.807) is 0 Å². The van der Waals surface area contributed by atoms with Crippen LogP contribution in [-0.4, -0.2) is 57.5 Å². The lowest BCUT2D eigenvalue weighted by Crippen LogP contribution is -2.36. The molecule has 2 unspecified atom stereocenters. The van der Waals surface area contributed by atoms with E-state index in [-0.39, 0.29) is 11.6 Å². The second kappa shape index (κ2) is 7.52. The zero-order valence-corrected chi connectivity index (χ0v) is 18.2. The van der Waals surface area contributed by atoms with Crippen LogP contribution in [0.15, 0.2) is 28.4 Å². The molecule has 1 aliphatic carbocycles. The van der Waals surface area contributed by atoms with Crippen LogP contribution < -0.4 is 11.4 Å². The molecule has 15 nitrogen and oxygen atoms in total. The van der Waals surface area contributed by atoms with Crippen LogP contribution in [-0.2, 0) is 27.1 Å². The number of nitrogens with zero attached hydrogens (tertiary/aromatic N) is 2. The summed E-state index contributed by atoms with van der Waals surface area (Å²) in [6.45, 7) is 0. The van der Waals surface area contributed by atoms with E-state index in [1.807, 2.05) is 0 Å². The number of hydrogen-bond donors (Lipinski definition) is 6. The molecule has 174 valence electrons. The molecule has 1 aromatic heterocycles. The third kappa shape index (κ3) is 4.32. The Hall–Kier alpha value is -0.990. The fraction of sp³-hybridized carbons (Fsp3) is 0.455. The van der Waals surface area contributed by atoms with E-state index in [2.05, 4.69) is 13.6 Å². The maximum atomic E-state index is 15.1. The predicted molar refractivity (Wildman–Crippen MR) is 98.3 cm³/mol. The monoisotopic (exact) mass is 527 g/mol. The molecule has 31 heavy (non-hydrogen) atoms. The van der Waals surface area contributed by atoms with Crippen molar-refractivity contribution >= 4 is 40.7 Å². The molecule has 7 N–H and O–H groups in total. The van der Waals surface area contributed by atoms with Crippen molar-refractivity contribution in [2.24, 2.45) is 0 Å². The molecular weight excluding hydrogens is 514 g/mol. The summed E-state index contributed by atoms with van der Waals surface area (Å²) >= 11 is 5.75. The predicted octanol–water partition coefficient (Wildman–Crippen LogP) is -0.290. The van der Waals surface area contributed by atoms with Crippen LogP contribution >= 0.6 is 34.8 Å². The first-order valence-electron chi connectivity index (χ1n) is 7.80. The van der Waals surface area contributed by atoms with Gasteiger partial charge in [-0.1, -0.05) is 0 Å². The summed E-state index contributed by atoms with van der Waals surface area (Å²) < 4.78 is 62.6. The lowest BCUT2D eigenvalue weighted by molar-refractivity contribution is -0.0409. The van der Waals surface area contributed by atoms with Gasteiger partial charge in [0.05, 0.1) is 5.88 Å². The van der Waals surface area contributed by atoms with E-state index in [9.17, 15) is 33.4 Å². The fourth-order valence-corrected chi connectivity index (χ4v) is 7.15. The Bertz CT molecular complexity index is 1150. The van der Waals surface area contributed by atoms with Crippen LogP contribution in [0.5, 0.6) is 0 Å². The highest BCUT2D eigenvalue weighted by molar-refractivity contribution is 7.69. The number of rotatable bonds is 7. The molecule has 1 saturated carbocycles. The van der Waals surface area contributed by atoms with Gasteiger partial charge in [0.25, 0.3) is 0 Å². The van der Waals surface area contributed by atoms with Crippen LogP contribution in [0, 0.1) is 0 Å². The van der Waals surface area contributed by atoms with Gasteiger partial charge in [-0.15, -0.1) is 11.6 Å². The quantitative estimate of drug-likeness (QED) is 0.197. The summed E-state index contributed by atoms with van der Waals surface area (Å²) in [6, 6.07) is 1.14. The number of aromatic nitrogens is 2. The maximum absolute atomic E-state index is 15.1. The summed E-state index contributed by atoms with van der Waals surface area (Å²) in [7, 11) is -16.8. The molecule has 0 amide bonds. The molecule has 1 saturated heterocycles. The minimum atomic E-state index is -5.77. The highest BCUT2D eigenvalue weighted by atomic mass is 35.5. The van der Waals surface area contributed by atoms with Crippen LogP contribution in [0.25, 0.3) is 0 Å². The number of ether oxygens (including phenoxy) is 1. The zero-order valence-electron chi connectivity index (χ0n) is 14.8. The van der Waals surface area contributed by atoms with Crippen LogP contribution in [0.2, 0.25) is 0 Å². The van der Waals surface area contributed by atoms with Gasteiger partial charge in [0.15, 0.2) is 18.0 Å². The second-order valence-corrected chi connectivity index (χ2v) is 11.3. The molecule has 1 aliphatic heterocycles. The van der Waals surface area contributed by atoms with Crippen molar-refractivity contribution in [1.82, 2.24) is 9.55 Å². The topological polar surface area (TPSA) is 241 Å². The number of alkyl halides is 2. The average molecular weight is 528 g/mol. The lowest BCUT2D eigenvalue weighted by atomic mass is 10.1. The average Bonchev–Trinajstić information content (AvgIpc) is 2.95. The van der Waals surface area contributed by atoms with Crippen molar-refractivity contribution in [3.05, 3.63) is 34.1 Å². The van der Waals surface area contributed by atoms with E-state index < -0.39 is 64.0 Å². The van der Waals surface area contributed by atoms with Crippen molar-refractivity contribution in [2.45, 2.75) is 23.6 Å². The van der Waals surface area contributed by atoms with Crippen LogP contribution in [0.4, 0.5) is 10.2 Å². The van der Waals surface area contributed by atoms with Gasteiger partial charge in [-0.3, -0.25) is 9.13 Å². The number of hydrogen-bond acceptors (Lipinski definition) is 10. The Balaban J connectivity index is 1.91. The molecule has 1 aromatic rings. The Morgan fingerprint density at radius 2 is 1.94 bits per heavy atom. The van der Waals surface area contributed by atoms with Crippen molar-refractivity contribution in [3.63, 3.8) is 0 Å². The third-order valence-corrected chi connectivity index (χ3v) is 8.80. The highest BCUT2D eigenvalue weighted by Crippen LogP contribution is 2.73. The Morgan fingerprint density at radius 3 is 2.42 bits per heavy atom. The van der Waals surface area contributed by atoms with E-state index >= 15 is 4.39 Å². The second-order valence-electron chi connectivity index (χ2n) is 6.41. The van der Waals surface area contributed by atoms with E-state index in [0.717, 1.165) is 12.3 Å². The molecule has 0 aromatic carbocycles. The van der Waals surface area contributed by atoms with Crippen molar-refractivity contribution in [2.75, 3.05) is 11.6 Å². The first-order valence-corrected chi connectivity index (χ1v) is 13.0. The molecule has 0 spiro atoms. The molecule has 0 bridgehead atoms. The zero-order chi connectivity index (χ0) is 23.6. The molecule has 3 rings (SSSR count). The number of nitrogen functional groups attached to an aromatic ring is 1. The molecule has 2 aliphatic rings. The van der Waals surface area contributed by atoms with Gasteiger partial charge in [-0.2, -0.15) is 9.29 Å². The van der Waals surface area contributed by atoms with Gasteiger partial charge in [-0.05, 0) is 6.07 Å². The summed E-state index contributed by atoms with van der Waals surface area (Å²) in [5.74, 6) is -0.733. The summed E-state index contributed by atoms with van der Waals surface area (Å²) in [5.41, 5.74) is -1.14. The first kappa shape index (κ1) is 24.6. The van der Waals surface area contributed by atoms with E-state index in [1.165, 1.54) is 0 Å². The Kier molecular flexibility index (Phi) is 5.98.